The Morgan fingerprint density at radius 1 is 0.462 bits per heavy atom. The summed E-state index contributed by atoms with van der Waals surface area (Å²) in [4.78, 5) is 0. The van der Waals surface area contributed by atoms with Crippen LogP contribution in [-0.2, 0) is 0 Å². The van der Waals surface area contributed by atoms with E-state index in [0.29, 0.717) is 0 Å². The Morgan fingerprint density at radius 3 is 1.50 bits per heavy atom. The summed E-state index contributed by atoms with van der Waals surface area (Å²) in [6.45, 7) is 18.5. The van der Waals surface area contributed by atoms with Gasteiger partial charge in [0.25, 0.3) is 0 Å². The zero-order valence-electron chi connectivity index (χ0n) is 17.7. The van der Waals surface area contributed by atoms with E-state index in [1.807, 2.05) is 41.5 Å². The van der Waals surface area contributed by atoms with Crippen LogP contribution < -0.4 is 0 Å². The minimum atomic E-state index is 0. The average molecular weight is 353 g/mol. The van der Waals surface area contributed by atoms with E-state index in [9.17, 15) is 0 Å². The first-order chi connectivity index (χ1) is 12.1. The van der Waals surface area contributed by atoms with E-state index in [1.54, 1.807) is 0 Å². The van der Waals surface area contributed by atoms with Crippen molar-refractivity contribution in [2.45, 2.75) is 69.7 Å². The number of hydrogen-bond donors (Lipinski definition) is 0. The van der Waals surface area contributed by atoms with Gasteiger partial charge in [0, 0.05) is 0 Å². The van der Waals surface area contributed by atoms with Gasteiger partial charge in [-0.2, -0.15) is 0 Å². The third-order valence-electron chi connectivity index (χ3n) is 3.84. The maximum atomic E-state index is 2.28. The molecular formula is C26H40. The van der Waals surface area contributed by atoms with Crippen LogP contribution in [0.4, 0.5) is 0 Å². The van der Waals surface area contributed by atoms with Gasteiger partial charge in [-0.05, 0) is 59.9 Å². The first-order valence-electron chi connectivity index (χ1n) is 9.71. The Morgan fingerprint density at radius 2 is 0.923 bits per heavy atom. The lowest BCUT2D eigenvalue weighted by atomic mass is 9.97. The second-order valence-corrected chi connectivity index (χ2v) is 5.36. The maximum absolute atomic E-state index is 2.28. The predicted octanol–water partition coefficient (Wildman–Crippen LogP) is 9.15. The first kappa shape index (κ1) is 26.2. The molecule has 0 aliphatic heterocycles. The molecule has 3 rings (SSSR count). The van der Waals surface area contributed by atoms with Crippen LogP contribution in [0, 0.1) is 20.8 Å². The van der Waals surface area contributed by atoms with Gasteiger partial charge in [-0.25, -0.2) is 0 Å². The highest BCUT2D eigenvalue weighted by molar-refractivity contribution is 5.87. The molecule has 0 saturated carbocycles. The first-order valence-corrected chi connectivity index (χ1v) is 9.71. The molecule has 0 aliphatic rings. The average Bonchev–Trinajstić information content (AvgIpc) is 2.68. The highest BCUT2D eigenvalue weighted by Gasteiger charge is 2.01. The fraction of sp³-hybridized carbons (Fsp3) is 0.385. The Bertz CT molecular complexity index is 751. The summed E-state index contributed by atoms with van der Waals surface area (Å²) in [6, 6.07) is 20.0. The zero-order valence-corrected chi connectivity index (χ0v) is 17.7. The molecule has 3 aromatic rings. The minimum absolute atomic E-state index is 0. The Kier molecular flexibility index (Phi) is 14.2. The molecule has 0 atom stereocenters. The quantitative estimate of drug-likeness (QED) is 0.409. The van der Waals surface area contributed by atoms with Gasteiger partial charge in [-0.15, -0.1) is 0 Å². The third-order valence-corrected chi connectivity index (χ3v) is 3.84. The van der Waals surface area contributed by atoms with Crippen molar-refractivity contribution in [3.63, 3.8) is 0 Å². The summed E-state index contributed by atoms with van der Waals surface area (Å²) >= 11 is 0. The van der Waals surface area contributed by atoms with Crippen molar-refractivity contribution < 1.29 is 0 Å². The van der Waals surface area contributed by atoms with Crippen LogP contribution >= 0.6 is 0 Å². The van der Waals surface area contributed by atoms with E-state index in [-0.39, 0.29) is 7.43 Å². The van der Waals surface area contributed by atoms with Crippen LogP contribution in [0.3, 0.4) is 0 Å². The minimum Gasteiger partial charge on any atom is -0.0776 e. The van der Waals surface area contributed by atoms with Gasteiger partial charge in [0.05, 0.1) is 0 Å². The van der Waals surface area contributed by atoms with Crippen molar-refractivity contribution in [3.8, 4) is 11.1 Å². The van der Waals surface area contributed by atoms with Gasteiger partial charge in [0.2, 0.25) is 0 Å². The zero-order chi connectivity index (χ0) is 19.4. The lowest BCUT2D eigenvalue weighted by Crippen LogP contribution is -1.84. The second kappa shape index (κ2) is 14.1. The molecule has 144 valence electrons. The summed E-state index contributed by atoms with van der Waals surface area (Å²) < 4.78 is 0. The Hall–Kier alpha value is -2.08. The lowest BCUT2D eigenvalue weighted by molar-refractivity contribution is 1.34. The van der Waals surface area contributed by atoms with Crippen molar-refractivity contribution in [1.82, 2.24) is 0 Å². The van der Waals surface area contributed by atoms with Crippen molar-refractivity contribution in [2.24, 2.45) is 0 Å². The van der Waals surface area contributed by atoms with Gasteiger partial charge in [0.15, 0.2) is 0 Å². The number of fused-ring (bicyclic) bond motifs is 1. The molecule has 0 aromatic heterocycles. The molecule has 0 fully saturated rings. The van der Waals surface area contributed by atoms with Crippen LogP contribution in [-0.4, -0.2) is 0 Å². The van der Waals surface area contributed by atoms with Gasteiger partial charge in [-0.3, -0.25) is 0 Å². The lowest BCUT2D eigenvalue weighted by Gasteiger charge is -2.07. The van der Waals surface area contributed by atoms with Crippen molar-refractivity contribution in [3.05, 3.63) is 71.3 Å². The predicted molar refractivity (Wildman–Crippen MR) is 124 cm³/mol. The molecule has 0 nitrogen and oxygen atoms in total. The number of rotatable bonds is 1. The van der Waals surface area contributed by atoms with E-state index in [1.165, 1.54) is 38.6 Å². The van der Waals surface area contributed by atoms with Crippen LogP contribution in [0.1, 0.15) is 65.7 Å². The van der Waals surface area contributed by atoms with E-state index in [4.69, 9.17) is 0 Å². The highest BCUT2D eigenvalue weighted by atomic mass is 14.1. The molecule has 0 aliphatic carbocycles. The molecule has 0 amide bonds. The van der Waals surface area contributed by atoms with Gasteiger partial charge in [0.1, 0.15) is 0 Å². The summed E-state index contributed by atoms with van der Waals surface area (Å²) in [7, 11) is 0. The summed E-state index contributed by atoms with van der Waals surface area (Å²) in [5.74, 6) is 0. The SMILES string of the molecule is C.CC.CC.CC.Cc1ccc2cc(-c3ccc(C)c(C)c3)ccc2c1. The van der Waals surface area contributed by atoms with Crippen molar-refractivity contribution in [2.75, 3.05) is 0 Å². The summed E-state index contributed by atoms with van der Waals surface area (Å²) in [5.41, 5.74) is 6.60. The number of aryl methyl sites for hydroxylation is 3. The Balaban J connectivity index is 0. The van der Waals surface area contributed by atoms with E-state index in [0.717, 1.165) is 0 Å². The molecule has 0 saturated heterocycles. The molecule has 0 spiro atoms. The topological polar surface area (TPSA) is 0 Å². The fourth-order valence-electron chi connectivity index (χ4n) is 2.47. The van der Waals surface area contributed by atoms with Crippen LogP contribution in [0.2, 0.25) is 0 Å². The number of hydrogen-bond acceptors (Lipinski definition) is 0. The van der Waals surface area contributed by atoms with Crippen LogP contribution in [0.5, 0.6) is 0 Å². The molecule has 0 heteroatoms. The Labute approximate surface area is 163 Å². The molecular weight excluding hydrogens is 312 g/mol. The van der Waals surface area contributed by atoms with E-state index in [2.05, 4.69) is 75.4 Å². The summed E-state index contributed by atoms with van der Waals surface area (Å²) in [6.07, 6.45) is 0. The van der Waals surface area contributed by atoms with Gasteiger partial charge in [-0.1, -0.05) is 103 Å². The standard InChI is InChI=1S/C19H18.3C2H6.CH4/c1-13-4-6-18-12-19(9-8-16(18)10-13)17-7-5-14(2)15(3)11-17;3*1-2;/h4-12H,1-3H3;3*1-2H3;1H4. The second-order valence-electron chi connectivity index (χ2n) is 5.36. The fourth-order valence-corrected chi connectivity index (χ4v) is 2.47. The number of benzene rings is 3. The van der Waals surface area contributed by atoms with Crippen LogP contribution in [0.15, 0.2) is 54.6 Å². The van der Waals surface area contributed by atoms with E-state index < -0.39 is 0 Å². The monoisotopic (exact) mass is 352 g/mol. The normalized spacial score (nSPS) is 8.65. The third kappa shape index (κ3) is 7.04. The molecule has 0 N–H and O–H groups in total. The highest BCUT2D eigenvalue weighted by Crippen LogP contribution is 2.26. The summed E-state index contributed by atoms with van der Waals surface area (Å²) in [5, 5.41) is 2.62. The molecule has 0 radical (unpaired) electrons. The van der Waals surface area contributed by atoms with Gasteiger partial charge < -0.3 is 0 Å². The molecule has 0 unspecified atom stereocenters. The van der Waals surface area contributed by atoms with E-state index >= 15 is 0 Å². The maximum Gasteiger partial charge on any atom is -0.0178 e. The van der Waals surface area contributed by atoms with Gasteiger partial charge >= 0.3 is 0 Å². The van der Waals surface area contributed by atoms with Crippen molar-refractivity contribution in [1.29, 1.82) is 0 Å². The van der Waals surface area contributed by atoms with Crippen molar-refractivity contribution >= 4 is 10.8 Å². The largest absolute Gasteiger partial charge is 0.0776 e. The molecule has 0 heterocycles. The molecule has 26 heavy (non-hydrogen) atoms. The molecule has 0 bridgehead atoms. The van der Waals surface area contributed by atoms with Crippen LogP contribution in [0.25, 0.3) is 21.9 Å². The molecule has 3 aromatic carbocycles. The smallest absolute Gasteiger partial charge is 0.0178 e.